The number of anilines is 1. The summed E-state index contributed by atoms with van der Waals surface area (Å²) in [7, 11) is 2.70. The van der Waals surface area contributed by atoms with Crippen LogP contribution in [-0.2, 0) is 4.74 Å². The van der Waals surface area contributed by atoms with E-state index in [0.717, 1.165) is 0 Å². The van der Waals surface area contributed by atoms with Crippen LogP contribution >= 0.6 is 23.2 Å². The Hall–Kier alpha value is -2.24. The molecule has 0 fully saturated rings. The van der Waals surface area contributed by atoms with Crippen LogP contribution in [0.15, 0.2) is 36.4 Å². The molecule has 0 heterocycles. The van der Waals surface area contributed by atoms with E-state index in [1.54, 1.807) is 24.3 Å². The van der Waals surface area contributed by atoms with E-state index < -0.39 is 11.9 Å². The van der Waals surface area contributed by atoms with Gasteiger partial charge in [0, 0.05) is 5.56 Å². The number of nitrogens with one attached hydrogen (secondary N) is 1. The molecule has 0 unspecified atom stereocenters. The molecule has 120 valence electrons. The fourth-order valence-corrected chi connectivity index (χ4v) is 2.60. The normalized spacial score (nSPS) is 10.1. The van der Waals surface area contributed by atoms with Crippen molar-refractivity contribution >= 4 is 40.8 Å². The molecule has 1 N–H and O–H groups in total. The first kappa shape index (κ1) is 17.1. The fraction of sp³-hybridized carbons (Fsp3) is 0.125. The number of hydrogen-bond acceptors (Lipinski definition) is 4. The minimum Gasteiger partial charge on any atom is -0.494 e. The van der Waals surface area contributed by atoms with E-state index in [1.165, 1.54) is 26.4 Å². The molecule has 0 aliphatic rings. The predicted molar refractivity (Wildman–Crippen MR) is 88.7 cm³/mol. The van der Waals surface area contributed by atoms with Gasteiger partial charge in [0.25, 0.3) is 5.91 Å². The van der Waals surface area contributed by atoms with Crippen molar-refractivity contribution in [3.8, 4) is 5.75 Å². The minimum absolute atomic E-state index is 0.214. The number of hydrogen-bond donors (Lipinski definition) is 1. The van der Waals surface area contributed by atoms with Crippen molar-refractivity contribution in [1.82, 2.24) is 0 Å². The summed E-state index contributed by atoms with van der Waals surface area (Å²) >= 11 is 12.0. The van der Waals surface area contributed by atoms with Crippen molar-refractivity contribution in [2.24, 2.45) is 0 Å². The third kappa shape index (κ3) is 3.75. The highest BCUT2D eigenvalue weighted by molar-refractivity contribution is 6.37. The molecule has 23 heavy (non-hydrogen) atoms. The maximum absolute atomic E-state index is 12.4. The highest BCUT2D eigenvalue weighted by Gasteiger charge is 2.17. The summed E-state index contributed by atoms with van der Waals surface area (Å²) in [6, 6.07) is 9.37. The zero-order valence-electron chi connectivity index (χ0n) is 12.4. The van der Waals surface area contributed by atoms with Gasteiger partial charge < -0.3 is 14.8 Å². The molecule has 1 amide bonds. The molecule has 2 aromatic carbocycles. The first-order valence-electron chi connectivity index (χ1n) is 6.49. The van der Waals surface area contributed by atoms with E-state index in [2.05, 4.69) is 10.1 Å². The van der Waals surface area contributed by atoms with E-state index in [-0.39, 0.29) is 21.2 Å². The maximum atomic E-state index is 12.4. The van der Waals surface area contributed by atoms with E-state index >= 15 is 0 Å². The zero-order chi connectivity index (χ0) is 17.0. The van der Waals surface area contributed by atoms with Crippen LogP contribution in [0.4, 0.5) is 5.69 Å². The second kappa shape index (κ2) is 7.35. The molecule has 0 aromatic heterocycles. The first-order chi connectivity index (χ1) is 11.0. The molecule has 0 bridgehead atoms. The standard InChI is InChI=1S/C16H13Cl2NO4/c1-22-14-11(17)7-9(8-12(14)18)15(20)19-13-6-4-3-5-10(13)16(21)23-2/h3-8H,1-2H3,(H,19,20). The number of methoxy groups -OCH3 is 2. The van der Waals surface area contributed by atoms with Gasteiger partial charge in [0.1, 0.15) is 0 Å². The van der Waals surface area contributed by atoms with E-state index in [9.17, 15) is 9.59 Å². The Morgan fingerprint density at radius 1 is 1.04 bits per heavy atom. The number of rotatable bonds is 4. The summed E-state index contributed by atoms with van der Waals surface area (Å²) < 4.78 is 9.72. The second-order valence-corrected chi connectivity index (χ2v) is 5.28. The molecule has 5 nitrogen and oxygen atoms in total. The van der Waals surface area contributed by atoms with Gasteiger partial charge in [-0.3, -0.25) is 4.79 Å². The lowest BCUT2D eigenvalue weighted by atomic mass is 10.1. The third-order valence-electron chi connectivity index (χ3n) is 3.05. The number of esters is 1. The van der Waals surface area contributed by atoms with Crippen LogP contribution in [0.1, 0.15) is 20.7 Å². The van der Waals surface area contributed by atoms with Gasteiger partial charge in [-0.05, 0) is 24.3 Å². The SMILES string of the molecule is COC(=O)c1ccccc1NC(=O)c1cc(Cl)c(OC)c(Cl)c1. The number of para-hydroxylation sites is 1. The van der Waals surface area contributed by atoms with E-state index in [0.29, 0.717) is 11.4 Å². The van der Waals surface area contributed by atoms with Gasteiger partial charge in [0.2, 0.25) is 0 Å². The third-order valence-corrected chi connectivity index (χ3v) is 3.61. The Morgan fingerprint density at radius 2 is 1.65 bits per heavy atom. The van der Waals surface area contributed by atoms with Gasteiger partial charge in [-0.15, -0.1) is 0 Å². The van der Waals surface area contributed by atoms with E-state index in [1.807, 2.05) is 0 Å². The lowest BCUT2D eigenvalue weighted by Crippen LogP contribution is -2.15. The average molecular weight is 354 g/mol. The van der Waals surface area contributed by atoms with Crippen molar-refractivity contribution in [1.29, 1.82) is 0 Å². The smallest absolute Gasteiger partial charge is 0.339 e. The lowest BCUT2D eigenvalue weighted by Gasteiger charge is -2.11. The molecular formula is C16H13Cl2NO4. The number of carbonyl (C=O) groups excluding carboxylic acids is 2. The highest BCUT2D eigenvalue weighted by atomic mass is 35.5. The van der Waals surface area contributed by atoms with Crippen LogP contribution in [0.2, 0.25) is 10.0 Å². The van der Waals surface area contributed by atoms with Crippen molar-refractivity contribution in [3.63, 3.8) is 0 Å². The number of ether oxygens (including phenoxy) is 2. The van der Waals surface area contributed by atoms with Crippen molar-refractivity contribution in [2.45, 2.75) is 0 Å². The van der Waals surface area contributed by atoms with Crippen LogP contribution in [0.5, 0.6) is 5.75 Å². The largest absolute Gasteiger partial charge is 0.494 e. The van der Waals surface area contributed by atoms with Gasteiger partial charge in [-0.25, -0.2) is 4.79 Å². The number of halogens is 2. The number of benzene rings is 2. The molecule has 0 radical (unpaired) electrons. The van der Waals surface area contributed by atoms with Gasteiger partial charge >= 0.3 is 5.97 Å². The molecule has 0 atom stereocenters. The molecule has 2 rings (SSSR count). The van der Waals surface area contributed by atoms with Crippen LogP contribution in [-0.4, -0.2) is 26.1 Å². The van der Waals surface area contributed by atoms with Gasteiger partial charge in [-0.2, -0.15) is 0 Å². The average Bonchev–Trinajstić information content (AvgIpc) is 2.54. The Kier molecular flexibility index (Phi) is 5.47. The molecule has 0 spiro atoms. The van der Waals surface area contributed by atoms with Crippen molar-refractivity contribution in [3.05, 3.63) is 57.6 Å². The van der Waals surface area contributed by atoms with Crippen LogP contribution in [0, 0.1) is 0 Å². The summed E-state index contributed by atoms with van der Waals surface area (Å²) in [6.45, 7) is 0. The van der Waals surface area contributed by atoms with Crippen LogP contribution in [0.25, 0.3) is 0 Å². The Labute approximate surface area is 143 Å². The van der Waals surface area contributed by atoms with Crippen LogP contribution in [0.3, 0.4) is 0 Å². The monoisotopic (exact) mass is 353 g/mol. The van der Waals surface area contributed by atoms with Gasteiger partial charge in [-0.1, -0.05) is 35.3 Å². The summed E-state index contributed by atoms with van der Waals surface area (Å²) in [6.07, 6.45) is 0. The molecule has 0 aliphatic heterocycles. The molecule has 0 saturated carbocycles. The molecule has 0 aliphatic carbocycles. The molecule has 2 aromatic rings. The van der Waals surface area contributed by atoms with Crippen LogP contribution < -0.4 is 10.1 Å². The highest BCUT2D eigenvalue weighted by Crippen LogP contribution is 2.34. The fourth-order valence-electron chi connectivity index (χ4n) is 1.96. The summed E-state index contributed by atoms with van der Waals surface area (Å²) in [5.74, 6) is -0.723. The lowest BCUT2D eigenvalue weighted by molar-refractivity contribution is 0.0602. The minimum atomic E-state index is -0.549. The maximum Gasteiger partial charge on any atom is 0.339 e. The van der Waals surface area contributed by atoms with Gasteiger partial charge in [0.05, 0.1) is 35.5 Å². The summed E-state index contributed by atoms with van der Waals surface area (Å²) in [5.41, 5.74) is 0.807. The number of amides is 1. The van der Waals surface area contributed by atoms with Crippen molar-refractivity contribution in [2.75, 3.05) is 19.5 Å². The zero-order valence-corrected chi connectivity index (χ0v) is 13.9. The summed E-state index contributed by atoms with van der Waals surface area (Å²) in [4.78, 5) is 24.1. The second-order valence-electron chi connectivity index (χ2n) is 4.46. The topological polar surface area (TPSA) is 64.6 Å². The summed E-state index contributed by atoms with van der Waals surface area (Å²) in [5, 5.41) is 3.06. The Bertz CT molecular complexity index is 738. The predicted octanol–water partition coefficient (Wildman–Crippen LogP) is 4.04. The first-order valence-corrected chi connectivity index (χ1v) is 7.25. The molecular weight excluding hydrogens is 341 g/mol. The molecule has 7 heteroatoms. The van der Waals surface area contributed by atoms with Gasteiger partial charge in [0.15, 0.2) is 5.75 Å². The Balaban J connectivity index is 2.32. The quantitative estimate of drug-likeness (QED) is 0.842. The van der Waals surface area contributed by atoms with E-state index in [4.69, 9.17) is 27.9 Å². The number of carbonyl (C=O) groups is 2. The molecule has 0 saturated heterocycles. The Morgan fingerprint density at radius 3 is 2.22 bits per heavy atom. The van der Waals surface area contributed by atoms with Crippen molar-refractivity contribution < 1.29 is 19.1 Å².